The zero-order valence-electron chi connectivity index (χ0n) is 52.1. The average molecular weight is 1340 g/mol. The van der Waals surface area contributed by atoms with Crippen LogP contribution >= 0.6 is 11.3 Å². The highest BCUT2D eigenvalue weighted by Gasteiger charge is 2.36. The molecule has 6 N–H and O–H groups in total. The molecule has 3 aromatic heterocycles. The zero-order valence-corrected chi connectivity index (χ0v) is 53.7. The van der Waals surface area contributed by atoms with Crippen molar-refractivity contribution in [1.82, 2.24) is 54.8 Å². The minimum atomic E-state index is -4.77. The Balaban J connectivity index is 0.721. The first-order valence-electron chi connectivity index (χ1n) is 30.9. The molecule has 2 saturated heterocycles. The lowest BCUT2D eigenvalue weighted by Crippen LogP contribution is -2.54. The van der Waals surface area contributed by atoms with Crippen molar-refractivity contribution in [3.8, 4) is 44.6 Å². The van der Waals surface area contributed by atoms with Crippen molar-refractivity contribution in [3.63, 3.8) is 0 Å². The van der Waals surface area contributed by atoms with Gasteiger partial charge in [-0.05, 0) is 48.9 Å². The predicted octanol–water partition coefficient (Wildman–Crippen LogP) is 0.448. The number of aliphatic carboxylic acids is 3. The molecule has 31 nitrogen and oxygen atoms in total. The van der Waals surface area contributed by atoms with Crippen LogP contribution in [0.5, 0.6) is 17.2 Å². The molecule has 3 aliphatic heterocycles. The van der Waals surface area contributed by atoms with E-state index in [1.807, 2.05) is 45.3 Å². The standard InChI is InChI=1S/C60H83N11O20S2/c1-85-49-33-50-46(57-47(40-91-50)56(64-71(57)52-7-3-30-92-52)60(81)70-10-4-9-69(19-20-70)59(80)42-5-2-6-42)32-45(49)43-31-44(35-61-34-43)90-29-28-89-27-26-88-25-24-87-23-22-86-21-8-62-58(79)48(41-93(82,83)84)63-51(72)36-65-11-13-66(37-53(73)74)15-17-68(39-55(77)78)18-16-67(14-12-65)38-54(75)76/h3,7,30-35,42,48H,2,4-6,8-29,36-41H2,1H3,(H,62,79)(H,63,72)(H,73,74)(H,75,76)(H,77,78)(H,82,83,84)/t48-/m0/s1. The minimum Gasteiger partial charge on any atom is -0.496 e. The van der Waals surface area contributed by atoms with E-state index >= 15 is 0 Å². The van der Waals surface area contributed by atoms with E-state index in [0.717, 1.165) is 35.5 Å². The number of methoxy groups -OCH3 is 1. The quantitative estimate of drug-likeness (QED) is 0.0278. The smallest absolute Gasteiger partial charge is 0.317 e. The number of hydrogen-bond acceptors (Lipinski definition) is 23. The molecule has 1 aliphatic carbocycles. The van der Waals surface area contributed by atoms with Gasteiger partial charge in [0.2, 0.25) is 17.7 Å². The highest BCUT2D eigenvalue weighted by molar-refractivity contribution is 7.85. The van der Waals surface area contributed by atoms with Crippen molar-refractivity contribution in [3.05, 3.63) is 59.4 Å². The van der Waals surface area contributed by atoms with E-state index in [0.29, 0.717) is 72.2 Å². The summed E-state index contributed by atoms with van der Waals surface area (Å²) in [6.45, 7) is 3.54. The molecule has 1 aromatic carbocycles. The van der Waals surface area contributed by atoms with Crippen LogP contribution in [0.3, 0.4) is 0 Å². The van der Waals surface area contributed by atoms with Gasteiger partial charge in [0.1, 0.15) is 47.3 Å². The number of pyridine rings is 1. The first-order valence-corrected chi connectivity index (χ1v) is 33.4. The summed E-state index contributed by atoms with van der Waals surface area (Å²) in [5.41, 5.74) is 3.89. The van der Waals surface area contributed by atoms with Gasteiger partial charge in [-0.2, -0.15) is 13.5 Å². The Bertz CT molecular complexity index is 3250. The number of nitrogens with zero attached hydrogens (tertiary/aromatic N) is 9. The van der Waals surface area contributed by atoms with Crippen molar-refractivity contribution in [1.29, 1.82) is 0 Å². The summed E-state index contributed by atoms with van der Waals surface area (Å²) in [4.78, 5) is 103. The van der Waals surface area contributed by atoms with Gasteiger partial charge in [0.05, 0.1) is 98.0 Å². The van der Waals surface area contributed by atoms with Crippen LogP contribution in [-0.2, 0) is 64.4 Å². The van der Waals surface area contributed by atoms with E-state index in [1.54, 1.807) is 44.0 Å². The SMILES string of the molecule is COc1cc2c(cc1-c1cncc(OCCOCCOCCOCCOCCNC(=O)[C@H](CS(=O)(=O)O)NC(=O)CN3CCN(CC(=O)O)CCN(CC(=O)O)CCN(CC(=O)O)CC3)c1)-c1c(c(C(=O)N3CCCN(C(=O)C4CCC4)CC3)nn1-c1cccs1)CO2. The van der Waals surface area contributed by atoms with Gasteiger partial charge in [-0.3, -0.25) is 62.7 Å². The molecule has 8 rings (SSSR count). The number of amides is 4. The summed E-state index contributed by atoms with van der Waals surface area (Å²) in [5.74, 6) is -4.51. The summed E-state index contributed by atoms with van der Waals surface area (Å²) in [7, 11) is -3.19. The normalized spacial score (nSPS) is 16.9. The van der Waals surface area contributed by atoms with Gasteiger partial charge in [0.25, 0.3) is 16.0 Å². The highest BCUT2D eigenvalue weighted by atomic mass is 32.2. The molecule has 3 fully saturated rings. The Hall–Kier alpha value is -7.44. The number of thiophene rings is 1. The molecule has 0 unspecified atom stereocenters. The van der Waals surface area contributed by atoms with Crippen LogP contribution in [-0.4, -0.2) is 304 Å². The Morgan fingerprint density at radius 1 is 0.688 bits per heavy atom. The monoisotopic (exact) mass is 1340 g/mol. The van der Waals surface area contributed by atoms with Gasteiger partial charge in [0.15, 0.2) is 5.69 Å². The maximum atomic E-state index is 14.4. The van der Waals surface area contributed by atoms with E-state index < -0.39 is 58.2 Å². The highest BCUT2D eigenvalue weighted by Crippen LogP contribution is 2.47. The molecular formula is C60H83N11O20S2. The lowest BCUT2D eigenvalue weighted by Gasteiger charge is -2.33. The third-order valence-electron chi connectivity index (χ3n) is 16.0. The van der Waals surface area contributed by atoms with Crippen molar-refractivity contribution >= 4 is 63.0 Å². The summed E-state index contributed by atoms with van der Waals surface area (Å²) in [6, 6.07) is 7.83. The van der Waals surface area contributed by atoms with E-state index in [9.17, 15) is 61.9 Å². The molecule has 93 heavy (non-hydrogen) atoms. The van der Waals surface area contributed by atoms with Crippen LogP contribution in [0.1, 0.15) is 41.7 Å². The molecule has 0 radical (unpaired) electrons. The lowest BCUT2D eigenvalue weighted by atomic mass is 9.84. The van der Waals surface area contributed by atoms with Crippen LogP contribution in [0.2, 0.25) is 0 Å². The Kier molecular flexibility index (Phi) is 27.4. The number of carbonyl (C=O) groups is 7. The first-order chi connectivity index (χ1) is 44.8. The predicted molar refractivity (Wildman–Crippen MR) is 334 cm³/mol. The van der Waals surface area contributed by atoms with E-state index in [2.05, 4.69) is 15.6 Å². The van der Waals surface area contributed by atoms with Crippen molar-refractivity contribution in [2.45, 2.75) is 38.3 Å². The number of carboxylic acids is 3. The fraction of sp³-hybridized carbons (Fsp3) is 0.583. The number of fused-ring (bicyclic) bond motifs is 3. The van der Waals surface area contributed by atoms with Gasteiger partial charge in [-0.25, -0.2) is 4.68 Å². The summed E-state index contributed by atoms with van der Waals surface area (Å²) < 4.78 is 76.0. The molecule has 0 spiro atoms. The second kappa shape index (κ2) is 35.7. The fourth-order valence-electron chi connectivity index (χ4n) is 11.0. The topological polar surface area (TPSA) is 373 Å². The zero-order chi connectivity index (χ0) is 66.3. The largest absolute Gasteiger partial charge is 0.496 e. The fourth-order valence-corrected chi connectivity index (χ4v) is 12.4. The molecule has 4 aromatic rings. The molecular weight excluding hydrogens is 1260 g/mol. The van der Waals surface area contributed by atoms with Crippen LogP contribution in [0, 0.1) is 5.92 Å². The Labute approximate surface area is 542 Å². The van der Waals surface area contributed by atoms with Gasteiger partial charge in [0, 0.05) is 126 Å². The second-order valence-electron chi connectivity index (χ2n) is 22.6. The average Bonchev–Trinajstić information content (AvgIpc) is 1.56. The molecule has 33 heteroatoms. The number of rotatable bonds is 33. The maximum Gasteiger partial charge on any atom is 0.317 e. The van der Waals surface area contributed by atoms with E-state index in [4.69, 9.17) is 38.3 Å². The molecule has 510 valence electrons. The number of benzene rings is 1. The lowest BCUT2D eigenvalue weighted by molar-refractivity contribution is -0.140. The van der Waals surface area contributed by atoms with Gasteiger partial charge < -0.3 is 68.9 Å². The van der Waals surface area contributed by atoms with E-state index in [1.165, 1.54) is 11.3 Å². The number of carbonyl (C=O) groups excluding carboxylic acids is 4. The maximum absolute atomic E-state index is 14.4. The molecule has 4 amide bonds. The van der Waals surface area contributed by atoms with Crippen LogP contribution in [0.15, 0.2) is 48.1 Å². The Morgan fingerprint density at radius 2 is 1.26 bits per heavy atom. The van der Waals surface area contributed by atoms with Crippen molar-refractivity contribution in [2.24, 2.45) is 5.92 Å². The van der Waals surface area contributed by atoms with Gasteiger partial charge in [-0.1, -0.05) is 6.42 Å². The molecule has 0 bridgehead atoms. The number of nitrogens with one attached hydrogen (secondary N) is 2. The van der Waals surface area contributed by atoms with Crippen molar-refractivity contribution < 1.29 is 95.0 Å². The summed E-state index contributed by atoms with van der Waals surface area (Å²) >= 11 is 1.50. The third kappa shape index (κ3) is 22.1. The second-order valence-corrected chi connectivity index (χ2v) is 25.1. The van der Waals surface area contributed by atoms with Gasteiger partial charge >= 0.3 is 17.9 Å². The minimum absolute atomic E-state index is 0.00916. The number of hydrogen-bond donors (Lipinski definition) is 6. The first kappa shape index (κ1) is 71.4. The van der Waals surface area contributed by atoms with Crippen LogP contribution in [0.4, 0.5) is 0 Å². The van der Waals surface area contributed by atoms with Crippen LogP contribution in [0.25, 0.3) is 27.4 Å². The van der Waals surface area contributed by atoms with Crippen molar-refractivity contribution in [2.75, 3.05) is 184 Å². The number of ether oxygens (including phenoxy) is 7. The molecule has 6 heterocycles. The van der Waals surface area contributed by atoms with Gasteiger partial charge in [-0.15, -0.1) is 11.3 Å². The van der Waals surface area contributed by atoms with E-state index in [-0.39, 0.29) is 162 Å². The summed E-state index contributed by atoms with van der Waals surface area (Å²) in [6.07, 6.45) is 6.95. The molecule has 1 saturated carbocycles. The molecule has 1 atom stereocenters. The van der Waals surface area contributed by atoms with Crippen LogP contribution < -0.4 is 24.8 Å². The number of aromatic nitrogens is 3. The Morgan fingerprint density at radius 3 is 1.81 bits per heavy atom. The third-order valence-corrected chi connectivity index (χ3v) is 17.6. The number of carboxylic acid groups (broad SMARTS) is 3. The molecule has 4 aliphatic rings. The summed E-state index contributed by atoms with van der Waals surface area (Å²) in [5, 5.41) is 41.0.